The highest BCUT2D eigenvalue weighted by Gasteiger charge is 2.37. The quantitative estimate of drug-likeness (QED) is 0.903. The van der Waals surface area contributed by atoms with Crippen molar-refractivity contribution >= 4 is 10.2 Å². The number of aromatic amines is 1. The largest absolute Gasteiger partial charge is 0.343 e. The van der Waals surface area contributed by atoms with Gasteiger partial charge in [-0.3, -0.25) is 0 Å². The standard InChI is InChI=1S/C14H20N6O2S/c1-10-17-11(9-12(18-10)14-15-6-7-16-14)13-5-4-8-20(13)23(21,22)19(2)3/h6-7,9,13H,4-5,8H2,1-3H3,(H,15,16)/t13-/m1/s1. The van der Waals surface area contributed by atoms with Crippen LogP contribution < -0.4 is 0 Å². The summed E-state index contributed by atoms with van der Waals surface area (Å²) in [6.07, 6.45) is 4.95. The molecule has 1 N–H and O–H groups in total. The van der Waals surface area contributed by atoms with Crippen molar-refractivity contribution in [1.82, 2.24) is 28.5 Å². The van der Waals surface area contributed by atoms with Crippen molar-refractivity contribution in [3.05, 3.63) is 30.0 Å². The first kappa shape index (κ1) is 16.0. The van der Waals surface area contributed by atoms with Crippen molar-refractivity contribution in [3.8, 4) is 11.5 Å². The first-order valence-corrected chi connectivity index (χ1v) is 8.84. The van der Waals surface area contributed by atoms with Crippen molar-refractivity contribution in [2.75, 3.05) is 20.6 Å². The minimum absolute atomic E-state index is 0.266. The lowest BCUT2D eigenvalue weighted by Gasteiger charge is -2.26. The SMILES string of the molecule is Cc1nc(-c2ncc[nH]2)cc([C@H]2CCCN2S(=O)(=O)N(C)C)n1. The first-order valence-electron chi connectivity index (χ1n) is 7.44. The van der Waals surface area contributed by atoms with Crippen LogP contribution in [0.1, 0.15) is 30.4 Å². The van der Waals surface area contributed by atoms with Crippen molar-refractivity contribution in [2.45, 2.75) is 25.8 Å². The van der Waals surface area contributed by atoms with E-state index >= 15 is 0 Å². The summed E-state index contributed by atoms with van der Waals surface area (Å²) in [4.78, 5) is 16.1. The number of rotatable bonds is 4. The lowest BCUT2D eigenvalue weighted by molar-refractivity contribution is 0.357. The second kappa shape index (κ2) is 5.99. The molecule has 3 rings (SSSR count). The van der Waals surface area contributed by atoms with Crippen LogP contribution in [0.2, 0.25) is 0 Å². The van der Waals surface area contributed by atoms with Crippen LogP contribution in [0.4, 0.5) is 0 Å². The predicted octanol–water partition coefficient (Wildman–Crippen LogP) is 1.12. The van der Waals surface area contributed by atoms with Crippen molar-refractivity contribution in [1.29, 1.82) is 0 Å². The highest BCUT2D eigenvalue weighted by molar-refractivity contribution is 7.86. The molecule has 1 aliphatic heterocycles. The third-order valence-electron chi connectivity index (χ3n) is 3.90. The van der Waals surface area contributed by atoms with Crippen LogP contribution in [-0.2, 0) is 10.2 Å². The average Bonchev–Trinajstić information content (AvgIpc) is 3.18. The maximum atomic E-state index is 12.5. The van der Waals surface area contributed by atoms with Crippen molar-refractivity contribution in [2.24, 2.45) is 0 Å². The number of aromatic nitrogens is 4. The molecule has 2 aromatic rings. The monoisotopic (exact) mass is 336 g/mol. The molecule has 9 heteroatoms. The van der Waals surface area contributed by atoms with E-state index in [2.05, 4.69) is 19.9 Å². The van der Waals surface area contributed by atoms with E-state index in [1.165, 1.54) is 8.61 Å². The lowest BCUT2D eigenvalue weighted by Crippen LogP contribution is -2.39. The van der Waals surface area contributed by atoms with Crippen LogP contribution in [0, 0.1) is 6.92 Å². The Bertz CT molecular complexity index is 788. The van der Waals surface area contributed by atoms with Crippen molar-refractivity contribution in [3.63, 3.8) is 0 Å². The van der Waals surface area contributed by atoms with Gasteiger partial charge in [0.25, 0.3) is 10.2 Å². The average molecular weight is 336 g/mol. The number of imidazole rings is 1. The number of hydrogen-bond donors (Lipinski definition) is 1. The molecule has 0 aliphatic carbocycles. The van der Waals surface area contributed by atoms with Gasteiger partial charge >= 0.3 is 0 Å². The van der Waals surface area contributed by atoms with Gasteiger partial charge in [-0.2, -0.15) is 17.0 Å². The second-order valence-electron chi connectivity index (χ2n) is 5.72. The predicted molar refractivity (Wildman–Crippen MR) is 85.6 cm³/mol. The van der Waals surface area contributed by atoms with E-state index in [-0.39, 0.29) is 6.04 Å². The Kier molecular flexibility index (Phi) is 4.17. The van der Waals surface area contributed by atoms with Gasteiger partial charge in [0, 0.05) is 33.0 Å². The van der Waals surface area contributed by atoms with E-state index in [1.54, 1.807) is 33.4 Å². The number of aryl methyl sites for hydroxylation is 1. The van der Waals surface area contributed by atoms with E-state index in [9.17, 15) is 8.42 Å². The van der Waals surface area contributed by atoms with Crippen molar-refractivity contribution < 1.29 is 8.42 Å². The molecule has 23 heavy (non-hydrogen) atoms. The molecule has 0 amide bonds. The van der Waals surface area contributed by atoms with Crippen LogP contribution in [0.15, 0.2) is 18.5 Å². The normalized spacial score (nSPS) is 19.6. The molecule has 3 heterocycles. The summed E-state index contributed by atoms with van der Waals surface area (Å²) in [5.74, 6) is 1.25. The Labute approximate surface area is 135 Å². The molecule has 0 saturated carbocycles. The molecule has 2 aromatic heterocycles. The van der Waals surface area contributed by atoms with Gasteiger partial charge in [-0.05, 0) is 25.8 Å². The summed E-state index contributed by atoms with van der Waals surface area (Å²) < 4.78 is 27.8. The summed E-state index contributed by atoms with van der Waals surface area (Å²) in [5.41, 5.74) is 1.39. The molecule has 0 spiro atoms. The summed E-state index contributed by atoms with van der Waals surface area (Å²) in [6.45, 7) is 2.31. The van der Waals surface area contributed by atoms with Gasteiger partial charge in [-0.1, -0.05) is 0 Å². The van der Waals surface area contributed by atoms with Gasteiger partial charge in [-0.15, -0.1) is 0 Å². The van der Waals surface area contributed by atoms with Gasteiger partial charge in [-0.25, -0.2) is 15.0 Å². The zero-order chi connectivity index (χ0) is 16.6. The van der Waals surface area contributed by atoms with Gasteiger partial charge in [0.05, 0.1) is 11.7 Å². The minimum atomic E-state index is -3.47. The van der Waals surface area contributed by atoms with Crippen LogP contribution in [0.3, 0.4) is 0 Å². The van der Waals surface area contributed by atoms with Crippen LogP contribution in [-0.4, -0.2) is 57.6 Å². The highest BCUT2D eigenvalue weighted by Crippen LogP contribution is 2.34. The fourth-order valence-electron chi connectivity index (χ4n) is 2.81. The molecule has 124 valence electrons. The summed E-state index contributed by atoms with van der Waals surface area (Å²) >= 11 is 0. The molecule has 0 aromatic carbocycles. The Morgan fingerprint density at radius 2 is 2.13 bits per heavy atom. The molecule has 0 bridgehead atoms. The topological polar surface area (TPSA) is 95.1 Å². The van der Waals surface area contributed by atoms with E-state index in [1.807, 2.05) is 6.07 Å². The minimum Gasteiger partial charge on any atom is -0.343 e. The number of nitrogens with one attached hydrogen (secondary N) is 1. The number of hydrogen-bond acceptors (Lipinski definition) is 5. The molecule has 0 unspecified atom stereocenters. The second-order valence-corrected chi connectivity index (χ2v) is 7.82. The molecule has 1 fully saturated rings. The summed E-state index contributed by atoms with van der Waals surface area (Å²) in [7, 11) is -0.379. The number of H-pyrrole nitrogens is 1. The van der Waals surface area contributed by atoms with E-state index in [0.717, 1.165) is 12.8 Å². The third kappa shape index (κ3) is 2.99. The smallest absolute Gasteiger partial charge is 0.282 e. The highest BCUT2D eigenvalue weighted by atomic mass is 32.2. The van der Waals surface area contributed by atoms with E-state index < -0.39 is 10.2 Å². The molecular weight excluding hydrogens is 316 g/mol. The Morgan fingerprint density at radius 3 is 2.78 bits per heavy atom. The Balaban J connectivity index is 2.01. The van der Waals surface area contributed by atoms with E-state index in [4.69, 9.17) is 0 Å². The Morgan fingerprint density at radius 1 is 1.35 bits per heavy atom. The maximum Gasteiger partial charge on any atom is 0.282 e. The van der Waals surface area contributed by atoms with Gasteiger partial charge < -0.3 is 4.98 Å². The number of nitrogens with zero attached hydrogens (tertiary/aromatic N) is 5. The molecule has 0 radical (unpaired) electrons. The zero-order valence-electron chi connectivity index (χ0n) is 13.4. The molecule has 1 aliphatic rings. The fourth-order valence-corrected chi connectivity index (χ4v) is 4.12. The zero-order valence-corrected chi connectivity index (χ0v) is 14.2. The van der Waals surface area contributed by atoms with Crippen LogP contribution in [0.25, 0.3) is 11.5 Å². The first-order chi connectivity index (χ1) is 10.9. The van der Waals surface area contributed by atoms with E-state index in [0.29, 0.717) is 29.6 Å². The molecule has 8 nitrogen and oxygen atoms in total. The van der Waals surface area contributed by atoms with Gasteiger partial charge in [0.2, 0.25) is 0 Å². The molecular formula is C14H20N6O2S. The Hall–Kier alpha value is -1.84. The summed E-state index contributed by atoms with van der Waals surface area (Å²) in [5, 5.41) is 0. The maximum absolute atomic E-state index is 12.5. The van der Waals surface area contributed by atoms with Crippen LogP contribution >= 0.6 is 0 Å². The molecule has 1 atom stereocenters. The van der Waals surface area contributed by atoms with Gasteiger partial charge in [0.15, 0.2) is 5.82 Å². The molecule has 1 saturated heterocycles. The van der Waals surface area contributed by atoms with Gasteiger partial charge in [0.1, 0.15) is 11.5 Å². The fraction of sp³-hybridized carbons (Fsp3) is 0.500. The summed E-state index contributed by atoms with van der Waals surface area (Å²) in [6, 6.07) is 1.55. The lowest BCUT2D eigenvalue weighted by atomic mass is 10.1. The van der Waals surface area contributed by atoms with Crippen LogP contribution in [0.5, 0.6) is 0 Å². The third-order valence-corrected chi connectivity index (χ3v) is 5.85.